The Labute approximate surface area is 98.2 Å². The molecule has 2 N–H and O–H groups in total. The van der Waals surface area contributed by atoms with Crippen molar-refractivity contribution in [3.05, 3.63) is 23.8 Å². The van der Waals surface area contributed by atoms with Crippen molar-refractivity contribution >= 4 is 16.7 Å². The Bertz CT molecular complexity index is 478. The molecule has 0 radical (unpaired) electrons. The van der Waals surface area contributed by atoms with E-state index in [1.54, 1.807) is 19.3 Å². The largest absolute Gasteiger partial charge is 0.452 e. The lowest BCUT2D eigenvalue weighted by Gasteiger charge is -2.09. The Morgan fingerprint density at radius 3 is 2.76 bits per heavy atom. The summed E-state index contributed by atoms with van der Waals surface area (Å²) in [7, 11) is 0. The van der Waals surface area contributed by atoms with Crippen molar-refractivity contribution in [1.29, 1.82) is 0 Å². The standard InChI is InChI=1S/C8H8F3N5S/c1-4(5-2-12-13-3-5)14-7-15-6(16-17-7)8(9,10)11/h2-4H,1H3,(H,12,13)(H,14,15,16). The average molecular weight is 263 g/mol. The minimum absolute atomic E-state index is 0.131. The molecule has 2 rings (SSSR count). The second-order valence-corrected chi connectivity index (χ2v) is 4.07. The lowest BCUT2D eigenvalue weighted by molar-refractivity contribution is -0.144. The predicted molar refractivity (Wildman–Crippen MR) is 55.5 cm³/mol. The predicted octanol–water partition coefficient (Wildman–Crippen LogP) is 2.45. The van der Waals surface area contributed by atoms with Crippen molar-refractivity contribution in [1.82, 2.24) is 19.6 Å². The number of anilines is 1. The summed E-state index contributed by atoms with van der Waals surface area (Å²) in [5.74, 6) is -1.12. The highest BCUT2D eigenvalue weighted by molar-refractivity contribution is 7.09. The van der Waals surface area contributed by atoms with Crippen LogP contribution in [0.4, 0.5) is 18.3 Å². The fourth-order valence-electron chi connectivity index (χ4n) is 1.16. The van der Waals surface area contributed by atoms with Gasteiger partial charge in [0.05, 0.1) is 12.2 Å². The van der Waals surface area contributed by atoms with Gasteiger partial charge in [-0.05, 0) is 6.92 Å². The SMILES string of the molecule is CC(Nc1nc(C(F)(F)F)ns1)c1cn[nH]c1. The van der Waals surface area contributed by atoms with Gasteiger partial charge in [-0.15, -0.1) is 0 Å². The summed E-state index contributed by atoms with van der Waals surface area (Å²) in [4.78, 5) is 3.37. The second kappa shape index (κ2) is 4.32. The maximum Gasteiger partial charge on any atom is 0.452 e. The minimum atomic E-state index is -4.50. The molecule has 0 amide bonds. The average Bonchev–Trinajstić information content (AvgIpc) is 2.85. The molecule has 92 valence electrons. The summed E-state index contributed by atoms with van der Waals surface area (Å²) >= 11 is 0.679. The van der Waals surface area contributed by atoms with Gasteiger partial charge in [-0.1, -0.05) is 0 Å². The summed E-state index contributed by atoms with van der Waals surface area (Å²) in [6.45, 7) is 1.79. The molecule has 0 saturated heterocycles. The van der Waals surface area contributed by atoms with Crippen molar-refractivity contribution in [2.24, 2.45) is 0 Å². The molecule has 0 aromatic carbocycles. The van der Waals surface area contributed by atoms with Crippen LogP contribution >= 0.6 is 11.5 Å². The summed E-state index contributed by atoms with van der Waals surface area (Å²) < 4.78 is 40.0. The smallest absolute Gasteiger partial charge is 0.354 e. The quantitative estimate of drug-likeness (QED) is 0.892. The topological polar surface area (TPSA) is 66.5 Å². The number of rotatable bonds is 3. The molecular weight excluding hydrogens is 255 g/mol. The van der Waals surface area contributed by atoms with E-state index in [4.69, 9.17) is 0 Å². The van der Waals surface area contributed by atoms with Crippen LogP contribution in [0.3, 0.4) is 0 Å². The maximum absolute atomic E-state index is 12.3. The number of H-pyrrole nitrogens is 1. The molecule has 9 heteroatoms. The first-order valence-corrected chi connectivity index (χ1v) is 5.40. The van der Waals surface area contributed by atoms with Crippen LogP contribution in [0.1, 0.15) is 24.4 Å². The molecule has 0 aliphatic heterocycles. The lowest BCUT2D eigenvalue weighted by Crippen LogP contribution is -2.09. The van der Waals surface area contributed by atoms with E-state index in [2.05, 4.69) is 24.9 Å². The molecule has 17 heavy (non-hydrogen) atoms. The number of alkyl halides is 3. The molecule has 0 bridgehead atoms. The first kappa shape index (κ1) is 11.8. The van der Waals surface area contributed by atoms with Crippen LogP contribution < -0.4 is 5.32 Å². The van der Waals surface area contributed by atoms with Gasteiger partial charge < -0.3 is 5.32 Å². The van der Waals surface area contributed by atoms with Crippen LogP contribution in [0.5, 0.6) is 0 Å². The van der Waals surface area contributed by atoms with Crippen LogP contribution in [0, 0.1) is 0 Å². The molecule has 0 fully saturated rings. The third-order valence-electron chi connectivity index (χ3n) is 2.04. The Kier molecular flexibility index (Phi) is 3.01. The van der Waals surface area contributed by atoms with E-state index in [-0.39, 0.29) is 11.2 Å². The molecule has 0 aliphatic carbocycles. The summed E-state index contributed by atoms with van der Waals surface area (Å²) in [6, 6.07) is -0.192. The van der Waals surface area contributed by atoms with Gasteiger partial charge in [-0.25, -0.2) is 0 Å². The molecule has 5 nitrogen and oxygen atoms in total. The minimum Gasteiger partial charge on any atom is -0.354 e. The van der Waals surface area contributed by atoms with Gasteiger partial charge in [-0.2, -0.15) is 27.6 Å². The molecular formula is C8H8F3N5S. The van der Waals surface area contributed by atoms with E-state index in [0.717, 1.165) is 5.56 Å². The summed E-state index contributed by atoms with van der Waals surface area (Å²) in [5.41, 5.74) is 0.828. The fourth-order valence-corrected chi connectivity index (χ4v) is 1.84. The van der Waals surface area contributed by atoms with Crippen LogP contribution in [0.15, 0.2) is 12.4 Å². The molecule has 0 spiro atoms. The van der Waals surface area contributed by atoms with E-state index >= 15 is 0 Å². The summed E-state index contributed by atoms with van der Waals surface area (Å²) in [6.07, 6.45) is -1.26. The van der Waals surface area contributed by atoms with Crippen molar-refractivity contribution in [3.8, 4) is 0 Å². The first-order valence-electron chi connectivity index (χ1n) is 4.63. The van der Waals surface area contributed by atoms with Gasteiger partial charge in [0, 0.05) is 23.3 Å². The van der Waals surface area contributed by atoms with Crippen LogP contribution in [0.25, 0.3) is 0 Å². The van der Waals surface area contributed by atoms with Gasteiger partial charge in [0.1, 0.15) is 0 Å². The fraction of sp³-hybridized carbons (Fsp3) is 0.375. The Morgan fingerprint density at radius 1 is 1.47 bits per heavy atom. The van der Waals surface area contributed by atoms with Crippen molar-refractivity contribution in [3.63, 3.8) is 0 Å². The number of halogens is 3. The number of hydrogen-bond donors (Lipinski definition) is 2. The number of nitrogens with one attached hydrogen (secondary N) is 2. The molecule has 0 saturated carbocycles. The van der Waals surface area contributed by atoms with Crippen LogP contribution in [0.2, 0.25) is 0 Å². The van der Waals surface area contributed by atoms with Crippen molar-refractivity contribution < 1.29 is 13.2 Å². The Balaban J connectivity index is 2.07. The lowest BCUT2D eigenvalue weighted by atomic mass is 10.2. The monoisotopic (exact) mass is 263 g/mol. The van der Waals surface area contributed by atoms with Gasteiger partial charge in [-0.3, -0.25) is 5.10 Å². The number of hydrogen-bond acceptors (Lipinski definition) is 5. The van der Waals surface area contributed by atoms with E-state index in [1.807, 2.05) is 0 Å². The highest BCUT2D eigenvalue weighted by Crippen LogP contribution is 2.30. The normalized spacial score (nSPS) is 13.6. The zero-order valence-electron chi connectivity index (χ0n) is 8.62. The van der Waals surface area contributed by atoms with Gasteiger partial charge >= 0.3 is 6.18 Å². The molecule has 2 aromatic rings. The second-order valence-electron chi connectivity index (χ2n) is 3.32. The molecule has 2 heterocycles. The summed E-state index contributed by atoms with van der Waals surface area (Å²) in [5, 5.41) is 9.33. The number of aromatic nitrogens is 4. The Morgan fingerprint density at radius 2 is 2.24 bits per heavy atom. The highest BCUT2D eigenvalue weighted by Gasteiger charge is 2.36. The zero-order valence-corrected chi connectivity index (χ0v) is 9.43. The first-order chi connectivity index (χ1) is 7.97. The van der Waals surface area contributed by atoms with E-state index in [1.165, 1.54) is 0 Å². The molecule has 2 aromatic heterocycles. The number of nitrogens with zero attached hydrogens (tertiary/aromatic N) is 3. The third-order valence-corrected chi connectivity index (χ3v) is 2.69. The van der Waals surface area contributed by atoms with Crippen molar-refractivity contribution in [2.75, 3.05) is 5.32 Å². The van der Waals surface area contributed by atoms with E-state index in [9.17, 15) is 13.2 Å². The van der Waals surface area contributed by atoms with Crippen molar-refractivity contribution in [2.45, 2.75) is 19.1 Å². The highest BCUT2D eigenvalue weighted by atomic mass is 32.1. The molecule has 0 aliphatic rings. The van der Waals surface area contributed by atoms with Gasteiger partial charge in [0.25, 0.3) is 0 Å². The number of aromatic amines is 1. The third kappa shape index (κ3) is 2.73. The van der Waals surface area contributed by atoms with Crippen LogP contribution in [-0.4, -0.2) is 19.6 Å². The zero-order chi connectivity index (χ0) is 12.5. The molecule has 1 atom stereocenters. The Hall–Kier alpha value is -1.64. The maximum atomic E-state index is 12.3. The van der Waals surface area contributed by atoms with E-state index < -0.39 is 12.0 Å². The van der Waals surface area contributed by atoms with Gasteiger partial charge in [0.15, 0.2) is 0 Å². The van der Waals surface area contributed by atoms with Gasteiger partial charge in [0.2, 0.25) is 11.0 Å². The van der Waals surface area contributed by atoms with Crippen LogP contribution in [-0.2, 0) is 6.18 Å². The molecule has 1 unspecified atom stereocenters. The van der Waals surface area contributed by atoms with E-state index in [0.29, 0.717) is 11.5 Å².